The van der Waals surface area contributed by atoms with Crippen molar-refractivity contribution < 1.29 is 4.79 Å². The Morgan fingerprint density at radius 3 is 2.60 bits per heavy atom. The molecule has 4 nitrogen and oxygen atoms in total. The van der Waals surface area contributed by atoms with Crippen LogP contribution in [0.2, 0.25) is 0 Å². The Bertz CT molecular complexity index is 915. The first-order chi connectivity index (χ1) is 12.1. The summed E-state index contributed by atoms with van der Waals surface area (Å²) in [5.74, 6) is 0.860. The molecule has 1 aromatic carbocycles. The third-order valence-corrected chi connectivity index (χ3v) is 4.05. The number of nitrogens with one attached hydrogen (secondary N) is 2. The fourth-order valence-electron chi connectivity index (χ4n) is 2.55. The molecule has 2 N–H and O–H groups in total. The lowest BCUT2D eigenvalue weighted by molar-refractivity contribution is -0.117. The smallest absolute Gasteiger partial charge is 0.141 e. The van der Waals surface area contributed by atoms with Crippen LogP contribution < -0.4 is 5.32 Å². The van der Waals surface area contributed by atoms with Crippen molar-refractivity contribution in [3.63, 3.8) is 0 Å². The third kappa shape index (κ3) is 4.84. The Balaban J connectivity index is 1.76. The highest BCUT2D eigenvalue weighted by Crippen LogP contribution is 2.20. The van der Waals surface area contributed by atoms with E-state index in [4.69, 9.17) is 12.2 Å². The molecule has 0 fully saturated rings. The number of aromatic nitrogens is 2. The van der Waals surface area contributed by atoms with Crippen LogP contribution in [0.5, 0.6) is 0 Å². The molecule has 25 heavy (non-hydrogen) atoms. The first-order valence-electron chi connectivity index (χ1n) is 8.08. The van der Waals surface area contributed by atoms with Gasteiger partial charge in [0.25, 0.3) is 0 Å². The van der Waals surface area contributed by atoms with E-state index in [2.05, 4.69) is 15.3 Å². The summed E-state index contributed by atoms with van der Waals surface area (Å²) in [6.07, 6.45) is 2.49. The molecule has 126 valence electrons. The second-order valence-corrected chi connectivity index (χ2v) is 6.34. The summed E-state index contributed by atoms with van der Waals surface area (Å²) in [6, 6.07) is 17.4. The van der Waals surface area contributed by atoms with Crippen LogP contribution in [0.3, 0.4) is 0 Å². The van der Waals surface area contributed by atoms with Gasteiger partial charge in [-0.05, 0) is 36.8 Å². The minimum Gasteiger partial charge on any atom is -0.353 e. The number of pyridine rings is 2. The number of anilines is 2. The highest BCUT2D eigenvalue weighted by molar-refractivity contribution is 7.71. The lowest BCUT2D eigenvalue weighted by Crippen LogP contribution is -2.10. The number of carbonyl (C=O) groups is 1. The number of rotatable bonds is 6. The van der Waals surface area contributed by atoms with Gasteiger partial charge in [-0.1, -0.05) is 42.5 Å². The lowest BCUT2D eigenvalue weighted by Gasteiger charge is -2.12. The molecule has 0 spiro atoms. The molecule has 0 saturated heterocycles. The van der Waals surface area contributed by atoms with Crippen LogP contribution in [-0.4, -0.2) is 15.8 Å². The van der Waals surface area contributed by atoms with Gasteiger partial charge in [0, 0.05) is 36.0 Å². The van der Waals surface area contributed by atoms with Gasteiger partial charge >= 0.3 is 0 Å². The van der Waals surface area contributed by atoms with Gasteiger partial charge in [0.1, 0.15) is 16.2 Å². The maximum absolute atomic E-state index is 12.5. The van der Waals surface area contributed by atoms with E-state index in [-0.39, 0.29) is 5.78 Å². The third-order valence-electron chi connectivity index (χ3n) is 3.79. The summed E-state index contributed by atoms with van der Waals surface area (Å²) in [5, 5.41) is 3.31. The van der Waals surface area contributed by atoms with Gasteiger partial charge in [0.05, 0.1) is 0 Å². The molecule has 3 rings (SSSR count). The van der Waals surface area contributed by atoms with Gasteiger partial charge in [-0.2, -0.15) is 0 Å². The molecule has 5 heteroatoms. The van der Waals surface area contributed by atoms with E-state index >= 15 is 0 Å². The lowest BCUT2D eigenvalue weighted by atomic mass is 10.0. The number of benzene rings is 1. The van der Waals surface area contributed by atoms with Crippen LogP contribution in [0.25, 0.3) is 0 Å². The normalized spacial score (nSPS) is 10.4. The Morgan fingerprint density at radius 1 is 1.08 bits per heavy atom. The predicted octanol–water partition coefficient (Wildman–Crippen LogP) is 4.55. The van der Waals surface area contributed by atoms with E-state index in [0.29, 0.717) is 17.5 Å². The summed E-state index contributed by atoms with van der Waals surface area (Å²) in [6.45, 7) is 1.94. The van der Waals surface area contributed by atoms with Crippen molar-refractivity contribution in [1.82, 2.24) is 9.97 Å². The molecule has 0 amide bonds. The summed E-state index contributed by atoms with van der Waals surface area (Å²) in [5.41, 5.74) is 3.68. The number of Topliss-reactive ketones (excluding diaryl/α,β-unsaturated/α-hetero) is 1. The topological polar surface area (TPSA) is 57.8 Å². The maximum Gasteiger partial charge on any atom is 0.141 e. The first kappa shape index (κ1) is 17.0. The van der Waals surface area contributed by atoms with Crippen LogP contribution in [0.4, 0.5) is 11.5 Å². The molecule has 0 saturated carbocycles. The van der Waals surface area contributed by atoms with Crippen molar-refractivity contribution in [3.05, 3.63) is 82.3 Å². The summed E-state index contributed by atoms with van der Waals surface area (Å²) in [4.78, 5) is 20.0. The van der Waals surface area contributed by atoms with Crippen molar-refractivity contribution in [2.45, 2.75) is 19.8 Å². The van der Waals surface area contributed by atoms with Crippen LogP contribution in [-0.2, 0) is 17.6 Å². The number of aryl methyl sites for hydroxylation is 1. The molecule has 0 radical (unpaired) electrons. The Hall–Kier alpha value is -2.79. The van der Waals surface area contributed by atoms with E-state index in [1.165, 1.54) is 0 Å². The minimum absolute atomic E-state index is 0.132. The SMILES string of the molecule is Cc1ccc(CC(=O)Cc2ccc(=S)[nH]c2)c(Nc2ccccc2)n1. The van der Waals surface area contributed by atoms with E-state index < -0.39 is 0 Å². The second-order valence-electron chi connectivity index (χ2n) is 5.90. The zero-order valence-electron chi connectivity index (χ0n) is 14.0. The quantitative estimate of drug-likeness (QED) is 0.641. The molecule has 2 heterocycles. The summed E-state index contributed by atoms with van der Waals surface area (Å²) in [7, 11) is 0. The molecule has 0 aliphatic rings. The largest absolute Gasteiger partial charge is 0.353 e. The first-order valence-corrected chi connectivity index (χ1v) is 8.49. The van der Waals surface area contributed by atoms with Gasteiger partial charge in [-0.15, -0.1) is 0 Å². The van der Waals surface area contributed by atoms with Gasteiger partial charge < -0.3 is 10.3 Å². The van der Waals surface area contributed by atoms with Crippen LogP contribution in [0.15, 0.2) is 60.8 Å². The molecule has 0 aliphatic heterocycles. The molecule has 0 atom stereocenters. The molecule has 0 unspecified atom stereocenters. The van der Waals surface area contributed by atoms with E-state index in [0.717, 1.165) is 28.3 Å². The van der Waals surface area contributed by atoms with Gasteiger partial charge in [-0.25, -0.2) is 4.98 Å². The van der Waals surface area contributed by atoms with Crippen molar-refractivity contribution in [3.8, 4) is 0 Å². The van der Waals surface area contributed by atoms with Crippen molar-refractivity contribution in [1.29, 1.82) is 0 Å². The van der Waals surface area contributed by atoms with Crippen molar-refractivity contribution in [2.24, 2.45) is 0 Å². The number of nitrogens with zero attached hydrogens (tertiary/aromatic N) is 1. The highest BCUT2D eigenvalue weighted by atomic mass is 32.1. The molecule has 2 aromatic heterocycles. The fraction of sp³-hybridized carbons (Fsp3) is 0.150. The number of H-pyrrole nitrogens is 1. The van der Waals surface area contributed by atoms with E-state index in [9.17, 15) is 4.79 Å². The molecular formula is C20H19N3OS. The van der Waals surface area contributed by atoms with Crippen LogP contribution in [0, 0.1) is 11.6 Å². The standard InChI is InChI=1S/C20H19N3OS/c1-14-7-9-16(20(22-14)23-17-5-3-2-4-6-17)12-18(24)11-15-8-10-19(25)21-13-15/h2-10,13H,11-12H2,1H3,(H,21,25)(H,22,23). The second kappa shape index (κ2) is 7.85. The highest BCUT2D eigenvalue weighted by Gasteiger charge is 2.11. The predicted molar refractivity (Wildman–Crippen MR) is 103 cm³/mol. The Labute approximate surface area is 152 Å². The number of hydrogen-bond donors (Lipinski definition) is 2. The Kier molecular flexibility index (Phi) is 5.36. The average Bonchev–Trinajstić information content (AvgIpc) is 2.60. The number of hydrogen-bond acceptors (Lipinski definition) is 4. The summed E-state index contributed by atoms with van der Waals surface area (Å²) >= 11 is 5.02. The molecule has 0 aliphatic carbocycles. The number of aromatic amines is 1. The van der Waals surface area contributed by atoms with Gasteiger partial charge in [-0.3, -0.25) is 4.79 Å². The van der Waals surface area contributed by atoms with Crippen LogP contribution >= 0.6 is 12.2 Å². The monoisotopic (exact) mass is 349 g/mol. The van der Waals surface area contributed by atoms with Gasteiger partial charge in [0.15, 0.2) is 0 Å². The molecular weight excluding hydrogens is 330 g/mol. The Morgan fingerprint density at radius 2 is 1.88 bits per heavy atom. The fourth-order valence-corrected chi connectivity index (χ4v) is 2.68. The zero-order chi connectivity index (χ0) is 17.6. The van der Waals surface area contributed by atoms with E-state index in [1.54, 1.807) is 12.3 Å². The number of carbonyl (C=O) groups excluding carboxylic acids is 1. The molecule has 0 bridgehead atoms. The minimum atomic E-state index is 0.132. The summed E-state index contributed by atoms with van der Waals surface area (Å²) < 4.78 is 0.660. The van der Waals surface area contributed by atoms with Gasteiger partial charge in [0.2, 0.25) is 0 Å². The number of ketones is 1. The molecule has 3 aromatic rings. The van der Waals surface area contributed by atoms with Crippen molar-refractivity contribution in [2.75, 3.05) is 5.32 Å². The maximum atomic E-state index is 12.5. The van der Waals surface area contributed by atoms with Crippen LogP contribution in [0.1, 0.15) is 16.8 Å². The van der Waals surface area contributed by atoms with E-state index in [1.807, 2.05) is 55.5 Å². The van der Waals surface area contributed by atoms with Crippen molar-refractivity contribution >= 4 is 29.5 Å². The number of para-hydroxylation sites is 1. The average molecular weight is 349 g/mol. The zero-order valence-corrected chi connectivity index (χ0v) is 14.8.